The van der Waals surface area contributed by atoms with Crippen molar-refractivity contribution in [3.05, 3.63) is 77.1 Å². The van der Waals surface area contributed by atoms with Crippen LogP contribution in [0.2, 0.25) is 5.02 Å². The highest BCUT2D eigenvalue weighted by Gasteiger charge is 2.37. The van der Waals surface area contributed by atoms with Crippen LogP contribution in [0.1, 0.15) is 18.4 Å². The van der Waals surface area contributed by atoms with Crippen LogP contribution in [0.25, 0.3) is 11.1 Å². The number of hydrogen-bond donors (Lipinski definition) is 1. The Morgan fingerprint density at radius 1 is 1.11 bits per heavy atom. The Kier molecular flexibility index (Phi) is 6.89. The molecule has 0 amide bonds. The van der Waals surface area contributed by atoms with E-state index in [9.17, 15) is 30.8 Å². The topological polar surface area (TPSA) is 83.9 Å². The number of sulfonamides is 1. The minimum absolute atomic E-state index is 0.00591. The van der Waals surface area contributed by atoms with Crippen LogP contribution in [-0.2, 0) is 21.0 Å². The van der Waals surface area contributed by atoms with Crippen LogP contribution >= 0.6 is 11.6 Å². The molecule has 0 radical (unpaired) electrons. The summed E-state index contributed by atoms with van der Waals surface area (Å²) in [4.78, 5) is 10.4. The van der Waals surface area contributed by atoms with Crippen LogP contribution in [0.4, 0.5) is 23.2 Å². The van der Waals surface area contributed by atoms with E-state index in [2.05, 4.69) is 0 Å². The van der Waals surface area contributed by atoms with Crippen molar-refractivity contribution in [1.29, 1.82) is 0 Å². The van der Waals surface area contributed by atoms with E-state index in [1.165, 1.54) is 36.4 Å². The summed E-state index contributed by atoms with van der Waals surface area (Å²) in [5.41, 5.74) is -0.970. The largest absolute Gasteiger partial charge is 0.486 e. The van der Waals surface area contributed by atoms with Gasteiger partial charge in [0.15, 0.2) is 0 Å². The van der Waals surface area contributed by atoms with Crippen molar-refractivity contribution in [2.24, 2.45) is 0 Å². The molecule has 12 heteroatoms. The van der Waals surface area contributed by atoms with Crippen molar-refractivity contribution in [3.63, 3.8) is 0 Å². The number of aliphatic carboxylic acids is 1. The second kappa shape index (κ2) is 9.62. The Balaban J connectivity index is 1.84. The smallest absolute Gasteiger partial charge is 0.416 e. The Morgan fingerprint density at radius 2 is 1.83 bits per heavy atom. The van der Waals surface area contributed by atoms with Gasteiger partial charge in [0, 0.05) is 12.0 Å². The Labute approximate surface area is 208 Å². The van der Waals surface area contributed by atoms with Crippen LogP contribution in [0.3, 0.4) is 0 Å². The van der Waals surface area contributed by atoms with Crippen molar-refractivity contribution in [1.82, 2.24) is 0 Å². The van der Waals surface area contributed by atoms with Gasteiger partial charge in [0.05, 0.1) is 27.7 Å². The molecule has 0 saturated heterocycles. The van der Waals surface area contributed by atoms with Gasteiger partial charge in [0.25, 0.3) is 10.0 Å². The second-order valence-corrected chi connectivity index (χ2v) is 10.3. The summed E-state index contributed by atoms with van der Waals surface area (Å²) in [6.45, 7) is -0.368. The third-order valence-corrected chi connectivity index (χ3v) is 7.66. The van der Waals surface area contributed by atoms with Gasteiger partial charge >= 0.3 is 12.1 Å². The molecule has 190 valence electrons. The molecule has 6 nitrogen and oxygen atoms in total. The van der Waals surface area contributed by atoms with Crippen LogP contribution in [0, 0.1) is 5.82 Å². The first-order valence-corrected chi connectivity index (χ1v) is 12.4. The number of carboxylic acid groups (broad SMARTS) is 1. The lowest BCUT2D eigenvalue weighted by Crippen LogP contribution is -2.43. The number of fused-ring (bicyclic) bond motifs is 1. The SMILES string of the molecule is O=C(O)CC[C@H]1CN(S(=O)(=O)c2cccc(C(F)(F)F)c2)c2cc(-c3c(F)cccc3Cl)ccc2O1. The standard InChI is InChI=1S/C24H18ClF4NO5S/c25-18-5-2-6-19(26)23(18)14-7-9-21-20(11-14)30(13-16(35-21)8-10-22(31)32)36(33,34)17-4-1-3-15(12-17)24(27,28)29/h1-7,9,11-12,16H,8,10,13H2,(H,31,32)/t16-/m0/s1. The number of halogens is 5. The maximum Gasteiger partial charge on any atom is 0.416 e. The molecule has 1 heterocycles. The van der Waals surface area contributed by atoms with Gasteiger partial charge < -0.3 is 9.84 Å². The van der Waals surface area contributed by atoms with E-state index in [1.54, 1.807) is 0 Å². The summed E-state index contributed by atoms with van der Waals surface area (Å²) in [7, 11) is -4.57. The van der Waals surface area contributed by atoms with Gasteiger partial charge in [0.2, 0.25) is 0 Å². The molecule has 3 aromatic carbocycles. The lowest BCUT2D eigenvalue weighted by Gasteiger charge is -2.36. The zero-order valence-electron chi connectivity index (χ0n) is 18.3. The first-order chi connectivity index (χ1) is 16.9. The summed E-state index contributed by atoms with van der Waals surface area (Å²) in [5, 5.41) is 9.09. The van der Waals surface area contributed by atoms with Crippen LogP contribution < -0.4 is 9.04 Å². The maximum absolute atomic E-state index is 14.5. The molecule has 1 atom stereocenters. The van der Waals surface area contributed by atoms with E-state index in [0.717, 1.165) is 22.5 Å². The molecule has 1 aliphatic rings. The summed E-state index contributed by atoms with van der Waals surface area (Å²) in [5.74, 6) is -1.74. The molecule has 0 spiro atoms. The number of alkyl halides is 3. The molecular formula is C24H18ClF4NO5S. The van der Waals surface area contributed by atoms with Crippen LogP contribution in [0.5, 0.6) is 5.75 Å². The number of anilines is 1. The zero-order chi connectivity index (χ0) is 26.3. The highest BCUT2D eigenvalue weighted by molar-refractivity contribution is 7.92. The van der Waals surface area contributed by atoms with Gasteiger partial charge in [-0.15, -0.1) is 0 Å². The van der Waals surface area contributed by atoms with Gasteiger partial charge in [-0.1, -0.05) is 29.8 Å². The first-order valence-electron chi connectivity index (χ1n) is 10.5. The molecule has 1 aliphatic heterocycles. The number of benzene rings is 3. The fraction of sp³-hybridized carbons (Fsp3) is 0.208. The van der Waals surface area contributed by atoms with Gasteiger partial charge in [-0.2, -0.15) is 13.2 Å². The zero-order valence-corrected chi connectivity index (χ0v) is 19.9. The molecule has 0 aliphatic carbocycles. The number of hydrogen-bond acceptors (Lipinski definition) is 4. The van der Waals surface area contributed by atoms with E-state index >= 15 is 0 Å². The summed E-state index contributed by atoms with van der Waals surface area (Å²) in [6, 6.07) is 11.5. The van der Waals surface area contributed by atoms with Gasteiger partial charge in [0.1, 0.15) is 17.7 Å². The first kappa shape index (κ1) is 25.8. The number of nitrogens with zero attached hydrogens (tertiary/aromatic N) is 1. The molecule has 3 aromatic rings. The number of carboxylic acids is 1. The van der Waals surface area contributed by atoms with Gasteiger partial charge in [-0.3, -0.25) is 9.10 Å². The van der Waals surface area contributed by atoms with Crippen molar-refractivity contribution in [3.8, 4) is 16.9 Å². The Hall–Kier alpha value is -3.31. The quantitative estimate of drug-likeness (QED) is 0.386. The third-order valence-electron chi connectivity index (χ3n) is 5.57. The van der Waals surface area contributed by atoms with Gasteiger partial charge in [-0.25, -0.2) is 12.8 Å². The van der Waals surface area contributed by atoms with Crippen molar-refractivity contribution < 1.29 is 40.6 Å². The summed E-state index contributed by atoms with van der Waals surface area (Å²) < 4.78 is 88.1. The maximum atomic E-state index is 14.5. The molecule has 4 rings (SSSR count). The van der Waals surface area contributed by atoms with Crippen molar-refractivity contribution in [2.75, 3.05) is 10.8 Å². The minimum atomic E-state index is -4.77. The molecule has 0 unspecified atom stereocenters. The average Bonchev–Trinajstić information content (AvgIpc) is 2.81. The van der Waals surface area contributed by atoms with E-state index in [4.69, 9.17) is 21.4 Å². The predicted octanol–water partition coefficient (Wildman–Crippen LogP) is 5.99. The molecule has 0 fully saturated rings. The predicted molar refractivity (Wildman–Crippen MR) is 124 cm³/mol. The van der Waals surface area contributed by atoms with E-state index in [1.807, 2.05) is 0 Å². The highest BCUT2D eigenvalue weighted by atomic mass is 35.5. The lowest BCUT2D eigenvalue weighted by atomic mass is 10.0. The van der Waals surface area contributed by atoms with Crippen LogP contribution in [0.15, 0.2) is 65.6 Å². The normalized spacial score (nSPS) is 15.8. The molecular weight excluding hydrogens is 526 g/mol. The number of ether oxygens (including phenoxy) is 1. The highest BCUT2D eigenvalue weighted by Crippen LogP contribution is 2.42. The number of rotatable bonds is 6. The molecule has 0 saturated carbocycles. The third kappa shape index (κ3) is 5.12. The summed E-state index contributed by atoms with van der Waals surface area (Å²) in [6.07, 6.45) is -6.03. The molecule has 0 aromatic heterocycles. The minimum Gasteiger partial charge on any atom is -0.486 e. The van der Waals surface area contributed by atoms with Crippen molar-refractivity contribution in [2.45, 2.75) is 30.0 Å². The van der Waals surface area contributed by atoms with E-state index < -0.39 is 44.5 Å². The summed E-state index contributed by atoms with van der Waals surface area (Å²) >= 11 is 6.16. The molecule has 0 bridgehead atoms. The Morgan fingerprint density at radius 3 is 2.50 bits per heavy atom. The average molecular weight is 544 g/mol. The lowest BCUT2D eigenvalue weighted by molar-refractivity contribution is -0.138. The molecule has 1 N–H and O–H groups in total. The monoisotopic (exact) mass is 543 g/mol. The van der Waals surface area contributed by atoms with Crippen LogP contribution in [-0.4, -0.2) is 32.1 Å². The van der Waals surface area contributed by atoms with Crippen molar-refractivity contribution >= 4 is 33.3 Å². The second-order valence-electron chi connectivity index (χ2n) is 8.01. The van der Waals surface area contributed by atoms with E-state index in [-0.39, 0.29) is 47.0 Å². The molecule has 36 heavy (non-hydrogen) atoms. The Bertz CT molecular complexity index is 1410. The fourth-order valence-corrected chi connectivity index (χ4v) is 5.68. The van der Waals surface area contributed by atoms with E-state index in [0.29, 0.717) is 6.07 Å². The fourth-order valence-electron chi connectivity index (χ4n) is 3.86. The van der Waals surface area contributed by atoms with Gasteiger partial charge in [-0.05, 0) is 54.4 Å². The number of carbonyl (C=O) groups is 1.